The normalized spacial score (nSPS) is 15.9. The molecule has 6 rings (SSSR count). The van der Waals surface area contributed by atoms with Gasteiger partial charge in [-0.2, -0.15) is 0 Å². The summed E-state index contributed by atoms with van der Waals surface area (Å²) in [6, 6.07) is 5.04. The first-order valence-corrected chi connectivity index (χ1v) is 17.0. The fourth-order valence-electron chi connectivity index (χ4n) is 4.75. The monoisotopic (exact) mass is 756 g/mol. The minimum absolute atomic E-state index is 0.117. The van der Waals surface area contributed by atoms with Crippen LogP contribution in [-0.2, 0) is 14.4 Å². The SMILES string of the molecule is CC(=O)N1CCN(c2ccnc(Cl)n2)CC1.CC(=O)N1CCN(c2nccc(Cl)n2)CC1.CC(=O)N1CCNCC1.Clc1ccnc(Cl)n1. The number of anilines is 2. The molecule has 0 atom stereocenters. The number of hydrogen-bond donors (Lipinski definition) is 1. The van der Waals surface area contributed by atoms with Gasteiger partial charge in [-0.3, -0.25) is 14.4 Å². The molecule has 0 aromatic carbocycles. The Morgan fingerprint density at radius 2 is 0.980 bits per heavy atom. The number of nitrogens with one attached hydrogen (secondary N) is 1. The molecule has 3 aliphatic rings. The third-order valence-corrected chi connectivity index (χ3v) is 8.22. The van der Waals surface area contributed by atoms with Crippen molar-refractivity contribution in [3.05, 3.63) is 57.7 Å². The number of aromatic nitrogens is 6. The Morgan fingerprint density at radius 3 is 1.39 bits per heavy atom. The molecule has 3 aromatic rings. The van der Waals surface area contributed by atoms with Crippen molar-refractivity contribution in [1.82, 2.24) is 49.9 Å². The summed E-state index contributed by atoms with van der Waals surface area (Å²) in [6.45, 7) is 14.4. The number of amides is 3. The molecule has 3 aliphatic heterocycles. The lowest BCUT2D eigenvalue weighted by Crippen LogP contribution is -2.48. The largest absolute Gasteiger partial charge is 0.353 e. The van der Waals surface area contributed by atoms with E-state index in [0.717, 1.165) is 71.3 Å². The maximum atomic E-state index is 11.2. The first-order valence-electron chi connectivity index (χ1n) is 15.5. The van der Waals surface area contributed by atoms with Crippen molar-refractivity contribution in [2.75, 3.05) is 88.3 Å². The van der Waals surface area contributed by atoms with Gasteiger partial charge >= 0.3 is 0 Å². The summed E-state index contributed by atoms with van der Waals surface area (Å²) in [7, 11) is 0. The first-order chi connectivity index (χ1) is 23.4. The molecule has 0 unspecified atom stereocenters. The molecular formula is C30H40Cl4N12O3. The number of hydrogen-bond acceptors (Lipinski definition) is 12. The minimum atomic E-state index is 0.117. The van der Waals surface area contributed by atoms with Crippen molar-refractivity contribution < 1.29 is 14.4 Å². The van der Waals surface area contributed by atoms with Gasteiger partial charge in [0.1, 0.15) is 16.1 Å². The van der Waals surface area contributed by atoms with E-state index in [2.05, 4.69) is 40.1 Å². The Hall–Kier alpha value is -3.63. The second-order valence-corrected chi connectivity index (χ2v) is 12.2. The number of nitrogens with zero attached hydrogens (tertiary/aromatic N) is 11. The molecule has 0 saturated carbocycles. The van der Waals surface area contributed by atoms with Gasteiger partial charge in [-0.1, -0.05) is 23.2 Å². The quantitative estimate of drug-likeness (QED) is 0.302. The lowest BCUT2D eigenvalue weighted by molar-refractivity contribution is -0.130. The van der Waals surface area contributed by atoms with Gasteiger partial charge in [0.25, 0.3) is 0 Å². The predicted molar refractivity (Wildman–Crippen MR) is 190 cm³/mol. The summed E-state index contributed by atoms with van der Waals surface area (Å²) in [5.41, 5.74) is 0. The molecule has 19 heteroatoms. The zero-order valence-electron chi connectivity index (χ0n) is 27.6. The second-order valence-electron chi connectivity index (χ2n) is 10.8. The molecule has 1 N–H and O–H groups in total. The van der Waals surface area contributed by atoms with Crippen molar-refractivity contribution in [3.8, 4) is 0 Å². The van der Waals surface area contributed by atoms with Crippen molar-refractivity contribution in [2.45, 2.75) is 20.8 Å². The van der Waals surface area contributed by atoms with Gasteiger partial charge in [0.05, 0.1) is 0 Å². The van der Waals surface area contributed by atoms with E-state index < -0.39 is 0 Å². The van der Waals surface area contributed by atoms with Crippen LogP contribution in [0.2, 0.25) is 20.9 Å². The van der Waals surface area contributed by atoms with Gasteiger partial charge in [0.15, 0.2) is 0 Å². The van der Waals surface area contributed by atoms with Crippen molar-refractivity contribution in [3.63, 3.8) is 0 Å². The lowest BCUT2D eigenvalue weighted by atomic mass is 10.3. The highest BCUT2D eigenvalue weighted by molar-refractivity contribution is 6.31. The molecular weight excluding hydrogens is 718 g/mol. The number of rotatable bonds is 2. The van der Waals surface area contributed by atoms with E-state index in [1.54, 1.807) is 45.3 Å². The number of carbonyl (C=O) groups excluding carboxylic acids is 3. The van der Waals surface area contributed by atoms with Crippen molar-refractivity contribution >= 4 is 75.9 Å². The van der Waals surface area contributed by atoms with Crippen LogP contribution in [0.25, 0.3) is 0 Å². The van der Waals surface area contributed by atoms with Gasteiger partial charge in [-0.15, -0.1) is 0 Å². The van der Waals surface area contributed by atoms with E-state index in [1.807, 2.05) is 25.7 Å². The Morgan fingerprint density at radius 1 is 0.551 bits per heavy atom. The molecule has 15 nitrogen and oxygen atoms in total. The Kier molecular flexibility index (Phi) is 16.9. The molecule has 266 valence electrons. The van der Waals surface area contributed by atoms with Gasteiger partial charge in [0.2, 0.25) is 34.2 Å². The summed E-state index contributed by atoms with van der Waals surface area (Å²) >= 11 is 22.3. The number of carbonyl (C=O) groups is 3. The summed E-state index contributed by atoms with van der Waals surface area (Å²) in [4.78, 5) is 66.1. The topological polar surface area (TPSA) is 157 Å². The standard InChI is InChI=1S/2C10H13ClN4O.C6H12N2O.C4H2Cl2N2/c1-8(16)14-4-6-15(7-5-14)9-2-3-12-10(11)13-9;1-8(16)14-4-6-15(7-5-14)10-12-3-2-9(11)13-10;1-6(9)8-4-2-7-3-5-8;5-3-1-2-7-4(6)8-3/h2*2-3H,4-7H2,1H3;7H,2-5H2,1H3;1-2H. The molecule has 3 aromatic heterocycles. The number of piperazine rings is 3. The Bertz CT molecular complexity index is 1410. The number of halogens is 4. The van der Waals surface area contributed by atoms with Crippen molar-refractivity contribution in [1.29, 1.82) is 0 Å². The smallest absolute Gasteiger partial charge is 0.226 e. The molecule has 0 spiro atoms. The maximum Gasteiger partial charge on any atom is 0.226 e. The molecule has 0 bridgehead atoms. The van der Waals surface area contributed by atoms with Crippen LogP contribution < -0.4 is 15.1 Å². The van der Waals surface area contributed by atoms with E-state index in [4.69, 9.17) is 46.4 Å². The molecule has 3 saturated heterocycles. The summed E-state index contributed by atoms with van der Waals surface area (Å²) in [6.07, 6.45) is 4.78. The first kappa shape index (κ1) is 39.8. The average Bonchev–Trinajstić information content (AvgIpc) is 3.09. The van der Waals surface area contributed by atoms with E-state index in [0.29, 0.717) is 29.3 Å². The maximum absolute atomic E-state index is 11.2. The predicted octanol–water partition coefficient (Wildman–Crippen LogP) is 2.82. The zero-order valence-corrected chi connectivity index (χ0v) is 30.6. The van der Waals surface area contributed by atoms with E-state index in [-0.39, 0.29) is 28.3 Å². The van der Waals surface area contributed by atoms with Gasteiger partial charge in [0, 0.05) is 118 Å². The Balaban J connectivity index is 0.000000185. The summed E-state index contributed by atoms with van der Waals surface area (Å²) in [5.74, 6) is 1.89. The van der Waals surface area contributed by atoms with Crippen molar-refractivity contribution in [2.24, 2.45) is 0 Å². The molecule has 49 heavy (non-hydrogen) atoms. The highest BCUT2D eigenvalue weighted by Crippen LogP contribution is 2.15. The van der Waals surface area contributed by atoms with E-state index in [9.17, 15) is 14.4 Å². The van der Waals surface area contributed by atoms with Crippen LogP contribution >= 0.6 is 46.4 Å². The lowest BCUT2D eigenvalue weighted by Gasteiger charge is -2.34. The molecule has 0 radical (unpaired) electrons. The van der Waals surface area contributed by atoms with Crippen LogP contribution in [0.5, 0.6) is 0 Å². The van der Waals surface area contributed by atoms with Crippen LogP contribution in [0.3, 0.4) is 0 Å². The van der Waals surface area contributed by atoms with Gasteiger partial charge < -0.3 is 29.8 Å². The third-order valence-electron chi connectivity index (χ3n) is 7.43. The van der Waals surface area contributed by atoms with Gasteiger partial charge in [-0.25, -0.2) is 29.9 Å². The second kappa shape index (κ2) is 20.8. The minimum Gasteiger partial charge on any atom is -0.353 e. The Labute approximate surface area is 305 Å². The highest BCUT2D eigenvalue weighted by Gasteiger charge is 2.21. The highest BCUT2D eigenvalue weighted by atomic mass is 35.5. The fraction of sp³-hybridized carbons (Fsp3) is 0.500. The average molecular weight is 759 g/mol. The van der Waals surface area contributed by atoms with Crippen LogP contribution in [-0.4, -0.2) is 141 Å². The zero-order chi connectivity index (χ0) is 35.8. The summed E-state index contributed by atoms with van der Waals surface area (Å²) < 4.78 is 0. The molecule has 3 amide bonds. The van der Waals surface area contributed by atoms with Gasteiger partial charge in [-0.05, 0) is 41.4 Å². The van der Waals surface area contributed by atoms with Crippen LogP contribution in [0.15, 0.2) is 36.8 Å². The van der Waals surface area contributed by atoms with E-state index in [1.165, 1.54) is 6.20 Å². The van der Waals surface area contributed by atoms with Crippen LogP contribution in [0, 0.1) is 0 Å². The van der Waals surface area contributed by atoms with Crippen LogP contribution in [0.1, 0.15) is 20.8 Å². The third kappa shape index (κ3) is 14.4. The molecule has 0 aliphatic carbocycles. The fourth-order valence-corrected chi connectivity index (χ4v) is 5.35. The van der Waals surface area contributed by atoms with E-state index >= 15 is 0 Å². The molecule has 3 fully saturated rings. The summed E-state index contributed by atoms with van der Waals surface area (Å²) in [5, 5.41) is 4.42. The van der Waals surface area contributed by atoms with Crippen LogP contribution in [0.4, 0.5) is 11.8 Å². The molecule has 6 heterocycles.